The summed E-state index contributed by atoms with van der Waals surface area (Å²) in [5, 5.41) is 0. The van der Waals surface area contributed by atoms with Crippen molar-refractivity contribution in [2.75, 3.05) is 45.9 Å². The van der Waals surface area contributed by atoms with Crippen molar-refractivity contribution in [2.45, 2.75) is 6.92 Å². The standard InChI is InChI=1S/C14H21NO5/c1-3-19-14(16)11-4-5-12(15)13(10-11)20-9-8-18-7-6-17-2/h4-5,10H,3,6-9,15H2,1-2H3. The minimum absolute atomic E-state index is 0.326. The maximum Gasteiger partial charge on any atom is 0.338 e. The summed E-state index contributed by atoms with van der Waals surface area (Å²) >= 11 is 0. The number of methoxy groups -OCH3 is 1. The van der Waals surface area contributed by atoms with E-state index in [2.05, 4.69) is 0 Å². The molecule has 0 atom stereocenters. The Kier molecular flexibility index (Phi) is 7.46. The van der Waals surface area contributed by atoms with Crippen LogP contribution in [-0.4, -0.2) is 46.1 Å². The monoisotopic (exact) mass is 283 g/mol. The number of rotatable bonds is 9. The Morgan fingerprint density at radius 3 is 2.65 bits per heavy atom. The molecule has 1 rings (SSSR count). The van der Waals surface area contributed by atoms with Crippen molar-refractivity contribution in [3.8, 4) is 5.75 Å². The van der Waals surface area contributed by atoms with E-state index >= 15 is 0 Å². The zero-order chi connectivity index (χ0) is 14.8. The summed E-state index contributed by atoms with van der Waals surface area (Å²) in [6.45, 7) is 3.90. The van der Waals surface area contributed by atoms with Gasteiger partial charge in [0.05, 0.1) is 37.7 Å². The summed E-state index contributed by atoms with van der Waals surface area (Å²) in [6.07, 6.45) is 0. The van der Waals surface area contributed by atoms with Crippen LogP contribution in [0.3, 0.4) is 0 Å². The molecule has 1 aromatic rings. The van der Waals surface area contributed by atoms with Gasteiger partial charge in [0.2, 0.25) is 0 Å². The Bertz CT molecular complexity index is 422. The average Bonchev–Trinajstić information content (AvgIpc) is 2.44. The molecule has 0 spiro atoms. The lowest BCUT2D eigenvalue weighted by Crippen LogP contribution is -2.11. The molecule has 0 aliphatic rings. The van der Waals surface area contributed by atoms with Crippen molar-refractivity contribution in [3.63, 3.8) is 0 Å². The van der Waals surface area contributed by atoms with E-state index in [9.17, 15) is 4.79 Å². The van der Waals surface area contributed by atoms with E-state index in [1.165, 1.54) is 0 Å². The summed E-state index contributed by atoms with van der Waals surface area (Å²) in [6, 6.07) is 4.80. The van der Waals surface area contributed by atoms with Crippen LogP contribution in [0.5, 0.6) is 5.75 Å². The van der Waals surface area contributed by atoms with E-state index in [-0.39, 0.29) is 0 Å². The Balaban J connectivity index is 2.48. The van der Waals surface area contributed by atoms with Crippen LogP contribution in [0.25, 0.3) is 0 Å². The Morgan fingerprint density at radius 1 is 1.20 bits per heavy atom. The van der Waals surface area contributed by atoms with Gasteiger partial charge in [0.25, 0.3) is 0 Å². The van der Waals surface area contributed by atoms with Crippen molar-refractivity contribution < 1.29 is 23.7 Å². The molecule has 0 saturated heterocycles. The lowest BCUT2D eigenvalue weighted by atomic mass is 10.2. The summed E-state index contributed by atoms with van der Waals surface area (Å²) in [5.74, 6) is 0.0552. The number of esters is 1. The van der Waals surface area contributed by atoms with Crippen molar-refractivity contribution in [1.29, 1.82) is 0 Å². The Hall–Kier alpha value is -1.79. The average molecular weight is 283 g/mol. The first-order valence-electron chi connectivity index (χ1n) is 6.45. The van der Waals surface area contributed by atoms with Crippen LogP contribution in [-0.2, 0) is 14.2 Å². The third kappa shape index (κ3) is 5.46. The summed E-state index contributed by atoms with van der Waals surface area (Å²) in [5.41, 5.74) is 6.67. The minimum atomic E-state index is -0.395. The molecule has 0 aromatic heterocycles. The predicted octanol–water partition coefficient (Wildman–Crippen LogP) is 1.49. The maximum absolute atomic E-state index is 11.6. The fraction of sp³-hybridized carbons (Fsp3) is 0.500. The zero-order valence-corrected chi connectivity index (χ0v) is 11.9. The zero-order valence-electron chi connectivity index (χ0n) is 11.9. The number of carbonyl (C=O) groups is 1. The number of ether oxygens (including phenoxy) is 4. The normalized spacial score (nSPS) is 10.3. The summed E-state index contributed by atoms with van der Waals surface area (Å²) in [7, 11) is 1.61. The van der Waals surface area contributed by atoms with Crippen molar-refractivity contribution in [2.24, 2.45) is 0 Å². The van der Waals surface area contributed by atoms with Crippen LogP contribution < -0.4 is 10.5 Å². The van der Waals surface area contributed by atoms with Gasteiger partial charge in [-0.05, 0) is 25.1 Å². The van der Waals surface area contributed by atoms with Gasteiger partial charge in [-0.2, -0.15) is 0 Å². The summed E-state index contributed by atoms with van der Waals surface area (Å²) < 4.78 is 20.5. The SMILES string of the molecule is CCOC(=O)c1ccc(N)c(OCCOCCOC)c1. The third-order valence-electron chi connectivity index (χ3n) is 2.44. The van der Waals surface area contributed by atoms with Crippen molar-refractivity contribution in [3.05, 3.63) is 23.8 Å². The van der Waals surface area contributed by atoms with Crippen LogP contribution in [0, 0.1) is 0 Å². The molecule has 6 heteroatoms. The molecule has 0 unspecified atom stereocenters. The van der Waals surface area contributed by atoms with Gasteiger partial charge in [-0.25, -0.2) is 4.79 Å². The molecule has 2 N–H and O–H groups in total. The van der Waals surface area contributed by atoms with Crippen LogP contribution in [0.1, 0.15) is 17.3 Å². The van der Waals surface area contributed by atoms with Gasteiger partial charge in [0.1, 0.15) is 12.4 Å². The molecule has 0 fully saturated rings. The molecule has 0 radical (unpaired) electrons. The number of benzene rings is 1. The number of hydrogen-bond donors (Lipinski definition) is 1. The fourth-order valence-electron chi connectivity index (χ4n) is 1.46. The highest BCUT2D eigenvalue weighted by Gasteiger charge is 2.10. The molecule has 0 bridgehead atoms. The topological polar surface area (TPSA) is 80.0 Å². The second-order valence-electron chi connectivity index (χ2n) is 3.93. The van der Waals surface area contributed by atoms with Gasteiger partial charge >= 0.3 is 5.97 Å². The Morgan fingerprint density at radius 2 is 1.95 bits per heavy atom. The molecule has 0 aliphatic carbocycles. The molecule has 0 heterocycles. The quantitative estimate of drug-likeness (QED) is 0.420. The largest absolute Gasteiger partial charge is 0.489 e. The van der Waals surface area contributed by atoms with Gasteiger partial charge in [0.15, 0.2) is 0 Å². The number of hydrogen-bond acceptors (Lipinski definition) is 6. The minimum Gasteiger partial charge on any atom is -0.489 e. The molecular formula is C14H21NO5. The van der Waals surface area contributed by atoms with Crippen LogP contribution in [0.2, 0.25) is 0 Å². The molecule has 1 aromatic carbocycles. The fourth-order valence-corrected chi connectivity index (χ4v) is 1.46. The molecule has 0 saturated carbocycles. The van der Waals surface area contributed by atoms with Gasteiger partial charge < -0.3 is 24.7 Å². The molecule has 0 amide bonds. The number of nitrogens with two attached hydrogens (primary N) is 1. The van der Waals surface area contributed by atoms with E-state index in [0.29, 0.717) is 50.0 Å². The van der Waals surface area contributed by atoms with Gasteiger partial charge in [-0.1, -0.05) is 0 Å². The Labute approximate surface area is 118 Å². The highest BCUT2D eigenvalue weighted by molar-refractivity contribution is 5.90. The highest BCUT2D eigenvalue weighted by atomic mass is 16.5. The van der Waals surface area contributed by atoms with E-state index in [1.807, 2.05) is 0 Å². The van der Waals surface area contributed by atoms with Crippen LogP contribution in [0.4, 0.5) is 5.69 Å². The van der Waals surface area contributed by atoms with Crippen LogP contribution in [0.15, 0.2) is 18.2 Å². The second kappa shape index (κ2) is 9.17. The molecule has 0 aliphatic heterocycles. The summed E-state index contributed by atoms with van der Waals surface area (Å²) in [4.78, 5) is 11.6. The second-order valence-corrected chi connectivity index (χ2v) is 3.93. The molecule has 20 heavy (non-hydrogen) atoms. The third-order valence-corrected chi connectivity index (χ3v) is 2.44. The maximum atomic E-state index is 11.6. The van der Waals surface area contributed by atoms with E-state index in [0.717, 1.165) is 0 Å². The number of nitrogen functional groups attached to an aromatic ring is 1. The van der Waals surface area contributed by atoms with E-state index in [4.69, 9.17) is 24.7 Å². The first-order valence-corrected chi connectivity index (χ1v) is 6.45. The van der Waals surface area contributed by atoms with Gasteiger partial charge in [-0.3, -0.25) is 0 Å². The molecular weight excluding hydrogens is 262 g/mol. The lowest BCUT2D eigenvalue weighted by Gasteiger charge is -2.10. The highest BCUT2D eigenvalue weighted by Crippen LogP contribution is 2.23. The number of anilines is 1. The van der Waals surface area contributed by atoms with E-state index in [1.54, 1.807) is 32.2 Å². The first kappa shape index (κ1) is 16.3. The van der Waals surface area contributed by atoms with Crippen molar-refractivity contribution >= 4 is 11.7 Å². The molecule has 112 valence electrons. The van der Waals surface area contributed by atoms with E-state index < -0.39 is 5.97 Å². The van der Waals surface area contributed by atoms with Crippen LogP contribution >= 0.6 is 0 Å². The first-order chi connectivity index (χ1) is 9.69. The van der Waals surface area contributed by atoms with Gasteiger partial charge in [-0.15, -0.1) is 0 Å². The lowest BCUT2D eigenvalue weighted by molar-refractivity contribution is 0.0521. The molecule has 6 nitrogen and oxygen atoms in total. The predicted molar refractivity (Wildman–Crippen MR) is 75.0 cm³/mol. The van der Waals surface area contributed by atoms with Gasteiger partial charge in [0, 0.05) is 7.11 Å². The number of carbonyl (C=O) groups excluding carboxylic acids is 1. The van der Waals surface area contributed by atoms with Crippen molar-refractivity contribution in [1.82, 2.24) is 0 Å². The smallest absolute Gasteiger partial charge is 0.338 e.